The summed E-state index contributed by atoms with van der Waals surface area (Å²) >= 11 is 0. The molecule has 0 saturated carbocycles. The molecule has 0 radical (unpaired) electrons. The van der Waals surface area contributed by atoms with E-state index in [-0.39, 0.29) is 23.8 Å². The van der Waals surface area contributed by atoms with Gasteiger partial charge in [0.05, 0.1) is 0 Å². The van der Waals surface area contributed by atoms with Crippen LogP contribution < -0.4 is 16.4 Å². The van der Waals surface area contributed by atoms with E-state index in [4.69, 9.17) is 5.73 Å². The first kappa shape index (κ1) is 15.9. The van der Waals surface area contributed by atoms with Gasteiger partial charge in [-0.2, -0.15) is 0 Å². The quantitative estimate of drug-likeness (QED) is 0.576. The maximum absolute atomic E-state index is 11.5. The third-order valence-corrected chi connectivity index (χ3v) is 2.51. The molecule has 5 heteroatoms. The summed E-state index contributed by atoms with van der Waals surface area (Å²) in [6, 6.07) is 0.139. The minimum Gasteiger partial charge on any atom is -0.356 e. The zero-order valence-electron chi connectivity index (χ0n) is 11.1. The van der Waals surface area contributed by atoms with Crippen molar-refractivity contribution >= 4 is 11.8 Å². The molecule has 2 amide bonds. The zero-order chi connectivity index (χ0) is 13.3. The Bertz CT molecular complexity index is 238. The number of nitrogens with one attached hydrogen (secondary N) is 2. The molecular formula is C12H25N3O2. The molecule has 0 aromatic rings. The number of nitrogens with two attached hydrogens (primary N) is 1. The highest BCUT2D eigenvalue weighted by Gasteiger charge is 2.10. The summed E-state index contributed by atoms with van der Waals surface area (Å²) in [5.74, 6) is 0.172. The second-order valence-electron chi connectivity index (χ2n) is 4.54. The lowest BCUT2D eigenvalue weighted by Gasteiger charge is -2.12. The topological polar surface area (TPSA) is 84.2 Å². The highest BCUT2D eigenvalue weighted by Crippen LogP contribution is 2.04. The van der Waals surface area contributed by atoms with Gasteiger partial charge in [0.25, 0.3) is 0 Å². The minimum atomic E-state index is -0.0360. The molecule has 0 aromatic carbocycles. The molecule has 4 N–H and O–H groups in total. The number of carbonyl (C=O) groups excluding carboxylic acids is 2. The van der Waals surface area contributed by atoms with E-state index in [1.54, 1.807) is 0 Å². The van der Waals surface area contributed by atoms with Gasteiger partial charge in [-0.05, 0) is 26.3 Å². The molecule has 0 spiro atoms. The first-order chi connectivity index (χ1) is 7.99. The Labute approximate surface area is 104 Å². The highest BCUT2D eigenvalue weighted by atomic mass is 16.2. The Morgan fingerprint density at radius 1 is 1.24 bits per heavy atom. The fourth-order valence-corrected chi connectivity index (χ4v) is 1.44. The summed E-state index contributed by atoms with van der Waals surface area (Å²) in [6.07, 6.45) is 1.67. The average Bonchev–Trinajstić information content (AvgIpc) is 2.24. The summed E-state index contributed by atoms with van der Waals surface area (Å²) in [6.45, 7) is 6.74. The Morgan fingerprint density at radius 2 is 1.88 bits per heavy atom. The normalized spacial score (nSPS) is 12.3. The van der Waals surface area contributed by atoms with E-state index in [0.717, 1.165) is 6.42 Å². The maximum atomic E-state index is 11.5. The van der Waals surface area contributed by atoms with Gasteiger partial charge in [0, 0.05) is 25.4 Å². The van der Waals surface area contributed by atoms with Crippen LogP contribution >= 0.6 is 0 Å². The molecule has 0 saturated heterocycles. The molecule has 0 fully saturated rings. The van der Waals surface area contributed by atoms with E-state index < -0.39 is 0 Å². The third kappa shape index (κ3) is 8.68. The minimum absolute atomic E-state index is 0.0281. The van der Waals surface area contributed by atoms with Crippen LogP contribution in [0.5, 0.6) is 0 Å². The van der Waals surface area contributed by atoms with Crippen LogP contribution in [0.15, 0.2) is 0 Å². The van der Waals surface area contributed by atoms with Crippen molar-refractivity contribution in [1.82, 2.24) is 10.6 Å². The SMILES string of the molecule is CCC(CN)CC(=O)NCCC(=O)NC(C)C. The van der Waals surface area contributed by atoms with Crippen LogP contribution in [-0.4, -0.2) is 30.9 Å². The molecular weight excluding hydrogens is 218 g/mol. The molecule has 5 nitrogen and oxygen atoms in total. The van der Waals surface area contributed by atoms with Crippen LogP contribution in [0.4, 0.5) is 0 Å². The van der Waals surface area contributed by atoms with Crippen LogP contribution in [0.1, 0.15) is 40.0 Å². The second-order valence-corrected chi connectivity index (χ2v) is 4.54. The van der Waals surface area contributed by atoms with Crippen LogP contribution in [0.2, 0.25) is 0 Å². The summed E-state index contributed by atoms with van der Waals surface area (Å²) < 4.78 is 0. The summed E-state index contributed by atoms with van der Waals surface area (Å²) in [7, 11) is 0. The Hall–Kier alpha value is -1.10. The Balaban J connectivity index is 3.67. The van der Waals surface area contributed by atoms with Crippen molar-refractivity contribution in [2.75, 3.05) is 13.1 Å². The lowest BCUT2D eigenvalue weighted by molar-refractivity contribution is -0.123. The van der Waals surface area contributed by atoms with Gasteiger partial charge in [-0.3, -0.25) is 9.59 Å². The van der Waals surface area contributed by atoms with Crippen molar-refractivity contribution in [1.29, 1.82) is 0 Å². The molecule has 0 aliphatic heterocycles. The van der Waals surface area contributed by atoms with E-state index in [9.17, 15) is 9.59 Å². The van der Waals surface area contributed by atoms with Crippen LogP contribution in [0, 0.1) is 5.92 Å². The Morgan fingerprint density at radius 3 is 2.35 bits per heavy atom. The predicted molar refractivity (Wildman–Crippen MR) is 68.4 cm³/mol. The van der Waals surface area contributed by atoms with E-state index in [1.807, 2.05) is 20.8 Å². The fraction of sp³-hybridized carbons (Fsp3) is 0.833. The third-order valence-electron chi connectivity index (χ3n) is 2.51. The van der Waals surface area contributed by atoms with Gasteiger partial charge in [0.2, 0.25) is 11.8 Å². The van der Waals surface area contributed by atoms with Crippen molar-refractivity contribution in [3.8, 4) is 0 Å². The number of rotatable bonds is 8. The first-order valence-electron chi connectivity index (χ1n) is 6.25. The standard InChI is InChI=1S/C12H25N3O2/c1-4-10(8-13)7-12(17)14-6-5-11(16)15-9(2)3/h9-10H,4-8,13H2,1-3H3,(H,14,17)(H,15,16). The molecule has 0 bridgehead atoms. The van der Waals surface area contributed by atoms with E-state index in [1.165, 1.54) is 0 Å². The smallest absolute Gasteiger partial charge is 0.221 e. The number of hydrogen-bond donors (Lipinski definition) is 3. The number of hydrogen-bond acceptors (Lipinski definition) is 3. The van der Waals surface area contributed by atoms with Gasteiger partial charge in [-0.15, -0.1) is 0 Å². The molecule has 0 heterocycles. The predicted octanol–water partition coefficient (Wildman–Crippen LogP) is 0.392. The molecule has 0 aliphatic carbocycles. The zero-order valence-corrected chi connectivity index (χ0v) is 11.1. The van der Waals surface area contributed by atoms with E-state index >= 15 is 0 Å². The molecule has 0 rings (SSSR count). The highest BCUT2D eigenvalue weighted by molar-refractivity contribution is 5.79. The average molecular weight is 243 g/mol. The van der Waals surface area contributed by atoms with Gasteiger partial charge in [0.1, 0.15) is 0 Å². The van der Waals surface area contributed by atoms with Crippen molar-refractivity contribution in [3.05, 3.63) is 0 Å². The summed E-state index contributed by atoms with van der Waals surface area (Å²) in [5, 5.41) is 5.50. The monoisotopic (exact) mass is 243 g/mol. The number of amides is 2. The van der Waals surface area contributed by atoms with Crippen LogP contribution in [0.25, 0.3) is 0 Å². The van der Waals surface area contributed by atoms with Crippen molar-refractivity contribution in [2.24, 2.45) is 11.7 Å². The van der Waals surface area contributed by atoms with E-state index in [0.29, 0.717) is 25.9 Å². The van der Waals surface area contributed by atoms with Crippen LogP contribution in [0.3, 0.4) is 0 Å². The fourth-order valence-electron chi connectivity index (χ4n) is 1.44. The van der Waals surface area contributed by atoms with Gasteiger partial charge in [-0.25, -0.2) is 0 Å². The lowest BCUT2D eigenvalue weighted by atomic mass is 10.0. The molecule has 1 atom stereocenters. The second kappa shape index (κ2) is 8.98. The Kier molecular flexibility index (Phi) is 8.40. The number of carbonyl (C=O) groups is 2. The summed E-state index contributed by atoms with van der Waals surface area (Å²) in [4.78, 5) is 22.8. The van der Waals surface area contributed by atoms with Crippen LogP contribution in [-0.2, 0) is 9.59 Å². The molecule has 1 unspecified atom stereocenters. The molecule has 100 valence electrons. The van der Waals surface area contributed by atoms with Gasteiger partial charge in [0.15, 0.2) is 0 Å². The maximum Gasteiger partial charge on any atom is 0.221 e. The van der Waals surface area contributed by atoms with Crippen molar-refractivity contribution < 1.29 is 9.59 Å². The van der Waals surface area contributed by atoms with Gasteiger partial charge < -0.3 is 16.4 Å². The molecule has 0 aromatic heterocycles. The lowest BCUT2D eigenvalue weighted by Crippen LogP contribution is -2.34. The largest absolute Gasteiger partial charge is 0.356 e. The van der Waals surface area contributed by atoms with E-state index in [2.05, 4.69) is 10.6 Å². The summed E-state index contributed by atoms with van der Waals surface area (Å²) in [5.41, 5.74) is 5.52. The molecule has 17 heavy (non-hydrogen) atoms. The first-order valence-corrected chi connectivity index (χ1v) is 6.25. The van der Waals surface area contributed by atoms with Crippen molar-refractivity contribution in [2.45, 2.75) is 46.1 Å². The van der Waals surface area contributed by atoms with Crippen molar-refractivity contribution in [3.63, 3.8) is 0 Å². The van der Waals surface area contributed by atoms with Gasteiger partial charge in [-0.1, -0.05) is 13.3 Å². The molecule has 0 aliphatic rings. The van der Waals surface area contributed by atoms with Gasteiger partial charge >= 0.3 is 0 Å².